The Morgan fingerprint density at radius 1 is 1.03 bits per heavy atom. The molecule has 0 aromatic carbocycles. The molecule has 2 N–H and O–H groups in total. The summed E-state index contributed by atoms with van der Waals surface area (Å²) in [5, 5.41) is 5.76. The van der Waals surface area contributed by atoms with Crippen LogP contribution >= 0.6 is 0 Å². The zero-order valence-electron chi connectivity index (χ0n) is 16.9. The number of likely N-dealkylation sites (tertiary alicyclic amines) is 1. The van der Waals surface area contributed by atoms with Gasteiger partial charge in [-0.3, -0.25) is 24.1 Å². The summed E-state index contributed by atoms with van der Waals surface area (Å²) in [6, 6.07) is 0.472. The Hall–Kier alpha value is -2.49. The van der Waals surface area contributed by atoms with Crippen molar-refractivity contribution in [2.45, 2.75) is 64.3 Å². The minimum Gasteiger partial charge on any atom is -0.355 e. The fourth-order valence-corrected chi connectivity index (χ4v) is 3.52. The highest BCUT2D eigenvalue weighted by molar-refractivity contribution is 6.01. The summed E-state index contributed by atoms with van der Waals surface area (Å²) in [6.45, 7) is 3.67. The van der Waals surface area contributed by atoms with E-state index in [4.69, 9.17) is 4.84 Å². The first-order valence-corrected chi connectivity index (χ1v) is 10.2. The molecule has 0 saturated carbocycles. The summed E-state index contributed by atoms with van der Waals surface area (Å²) < 4.78 is 0. The maximum absolute atomic E-state index is 12.0. The summed E-state index contributed by atoms with van der Waals surface area (Å²) in [7, 11) is 0. The molecular formula is C19H30N4O6. The average molecular weight is 419 g/mol. The Morgan fingerprint density at radius 2 is 1.69 bits per heavy atom. The maximum atomic E-state index is 12.0. The van der Waals surface area contributed by atoms with E-state index < -0.39 is 17.8 Å². The van der Waals surface area contributed by atoms with Crippen molar-refractivity contribution in [1.82, 2.24) is 20.6 Å². The predicted octanol–water partition coefficient (Wildman–Crippen LogP) is -0.129. The first-order chi connectivity index (χ1) is 13.9. The van der Waals surface area contributed by atoms with Crippen LogP contribution in [0.25, 0.3) is 0 Å². The molecule has 2 saturated heterocycles. The van der Waals surface area contributed by atoms with Gasteiger partial charge in [-0.2, -0.15) is 0 Å². The largest absolute Gasteiger partial charge is 0.355 e. The van der Waals surface area contributed by atoms with Gasteiger partial charge < -0.3 is 15.5 Å². The van der Waals surface area contributed by atoms with Crippen LogP contribution in [0.15, 0.2) is 0 Å². The smallest absolute Gasteiger partial charge is 0.334 e. The molecule has 1 atom stereocenters. The molecule has 2 aliphatic rings. The van der Waals surface area contributed by atoms with Crippen LogP contribution in [0.1, 0.15) is 58.3 Å². The van der Waals surface area contributed by atoms with Gasteiger partial charge in [0.25, 0.3) is 11.8 Å². The third-order valence-electron chi connectivity index (χ3n) is 4.99. The van der Waals surface area contributed by atoms with Crippen LogP contribution in [0, 0.1) is 0 Å². The minimum atomic E-state index is -0.769. The fraction of sp³-hybridized carbons (Fsp3) is 0.737. The van der Waals surface area contributed by atoms with E-state index >= 15 is 0 Å². The van der Waals surface area contributed by atoms with E-state index in [-0.39, 0.29) is 50.6 Å². The quantitative estimate of drug-likeness (QED) is 0.272. The second-order valence-electron chi connectivity index (χ2n) is 7.30. The van der Waals surface area contributed by atoms with E-state index in [0.29, 0.717) is 17.6 Å². The second kappa shape index (κ2) is 11.5. The lowest BCUT2D eigenvalue weighted by Crippen LogP contribution is -2.41. The Labute approximate surface area is 170 Å². The molecule has 29 heavy (non-hydrogen) atoms. The standard InChI is InChI=1S/C19H30N4O6/c1-2-4-14-5-3-12-22(14)13-16(25)21-10-8-15(24)20-11-9-19(28)29-23-17(26)6-7-18(23)27/h14H,2-13H2,1H3,(H,20,24)(H,21,25)/i3+1,4+1,5+1,12+1,14+1,16+1,19+1,20+1,22+1. The van der Waals surface area contributed by atoms with Crippen molar-refractivity contribution >= 4 is 29.6 Å². The average Bonchev–Trinajstić information content (AvgIpc) is 3.23. The third-order valence-corrected chi connectivity index (χ3v) is 4.99. The normalized spacial score (nSPS) is 19.5. The predicted molar refractivity (Wildman–Crippen MR) is 102 cm³/mol. The van der Waals surface area contributed by atoms with Crippen LogP contribution in [0.2, 0.25) is 0 Å². The number of hydroxylamine groups is 2. The first-order valence-electron chi connectivity index (χ1n) is 10.2. The molecular weight excluding hydrogens is 389 g/mol. The van der Waals surface area contributed by atoms with Crippen LogP contribution in [-0.4, -0.2) is 71.8 Å². The first kappa shape index (κ1) is 22.8. The van der Waals surface area contributed by atoms with E-state index in [0.717, 1.165) is 32.2 Å². The molecule has 10 nitrogen and oxygen atoms in total. The molecule has 2 heterocycles. The number of nitrogens with zero attached hydrogens (tertiary/aromatic N) is 2. The van der Waals surface area contributed by atoms with Crippen molar-refractivity contribution in [3.8, 4) is 0 Å². The van der Waals surface area contributed by atoms with Crippen LogP contribution < -0.4 is 10.6 Å². The molecule has 2 aliphatic heterocycles. The van der Waals surface area contributed by atoms with Gasteiger partial charge in [0.2, 0.25) is 11.8 Å². The lowest BCUT2D eigenvalue weighted by Gasteiger charge is -2.23. The maximum Gasteiger partial charge on any atom is 0.334 e. The summed E-state index contributed by atoms with van der Waals surface area (Å²) >= 11 is 0. The van der Waals surface area contributed by atoms with Crippen molar-refractivity contribution in [2.24, 2.45) is 0 Å². The zero-order chi connectivity index (χ0) is 21.2. The lowest BCUT2D eigenvalue weighted by molar-refractivity contribution is -0.197. The van der Waals surface area contributed by atoms with E-state index in [2.05, 4.69) is 22.5 Å². The molecule has 0 aromatic heterocycles. The van der Waals surface area contributed by atoms with Gasteiger partial charge in [-0.1, -0.05) is 13.3 Å². The minimum absolute atomic E-state index is 0.0221. The van der Waals surface area contributed by atoms with Crippen molar-refractivity contribution < 1.29 is 28.8 Å². The Morgan fingerprint density at radius 3 is 2.38 bits per heavy atom. The monoisotopic (exact) mass is 419 g/mol. The van der Waals surface area contributed by atoms with Gasteiger partial charge >= 0.3 is 5.97 Å². The Kier molecular flexibility index (Phi) is 9.04. The molecule has 10 heteroatoms. The van der Waals surface area contributed by atoms with Crippen molar-refractivity contribution in [2.75, 3.05) is 26.2 Å². The van der Waals surface area contributed by atoms with E-state index in [1.165, 1.54) is 0 Å². The number of carbonyl (C=O) groups is 5. The van der Waals surface area contributed by atoms with Gasteiger partial charge in [0.1, 0.15) is 0 Å². The van der Waals surface area contributed by atoms with E-state index in [1.807, 2.05) is 0 Å². The van der Waals surface area contributed by atoms with Crippen molar-refractivity contribution in [1.29, 1.82) is 0 Å². The molecule has 1 unspecified atom stereocenters. The molecule has 2 fully saturated rings. The molecule has 0 spiro atoms. The zero-order valence-corrected chi connectivity index (χ0v) is 16.9. The fourth-order valence-electron chi connectivity index (χ4n) is 3.52. The number of rotatable bonds is 11. The number of hydrogen-bond acceptors (Lipinski definition) is 7. The summed E-state index contributed by atoms with van der Waals surface area (Å²) in [4.78, 5) is 65.1. The molecule has 162 valence electrons. The highest BCUT2D eigenvalue weighted by Crippen LogP contribution is 2.20. The highest BCUT2D eigenvalue weighted by atomic mass is 16.8. The van der Waals surface area contributed by atoms with Gasteiger partial charge in [0.05, 0.1) is 13.0 Å². The molecule has 2 rings (SSSR count). The highest BCUT2D eigenvalue weighted by Gasteiger charge is 2.32. The van der Waals surface area contributed by atoms with Gasteiger partial charge in [0.15, 0.2) is 0 Å². The number of nitrogens with one attached hydrogen (secondary N) is 2. The summed E-state index contributed by atoms with van der Waals surface area (Å²) in [6.07, 6.45) is 4.44. The second-order valence-corrected chi connectivity index (χ2v) is 7.30. The van der Waals surface area contributed by atoms with Crippen LogP contribution in [0.4, 0.5) is 0 Å². The lowest BCUT2D eigenvalue weighted by atomic mass is 10.4. The van der Waals surface area contributed by atoms with Crippen LogP contribution in [0.5, 0.6) is 0 Å². The van der Waals surface area contributed by atoms with E-state index in [9.17, 15) is 24.0 Å². The summed E-state index contributed by atoms with van der Waals surface area (Å²) in [5.41, 5.74) is 0. The number of carbonyl (C=O) groups excluding carboxylic acids is 5. The van der Waals surface area contributed by atoms with Gasteiger partial charge in [0, 0.05) is 38.4 Å². The summed E-state index contributed by atoms with van der Waals surface area (Å²) in [5.74, 6) is -2.26. The SMILES string of the molecule is CC[13CH2][13CH]1[13CH2][13CH2][13CH2][15N]1C[13C](=O)NCCC(=O)[15NH]CC[13C](=O)ON1C(=O)CCC1=O. The van der Waals surface area contributed by atoms with Gasteiger partial charge in [-0.25, -0.2) is 4.79 Å². The third kappa shape index (κ3) is 7.45. The van der Waals surface area contributed by atoms with E-state index in [1.54, 1.807) is 0 Å². The van der Waals surface area contributed by atoms with Crippen LogP contribution in [-0.2, 0) is 28.8 Å². The molecule has 4 amide bonds. The number of hydrogen-bond donors (Lipinski definition) is 2. The molecule has 0 bridgehead atoms. The van der Waals surface area contributed by atoms with Gasteiger partial charge in [-0.05, 0) is 25.8 Å². The Balaban J connectivity index is 1.54. The van der Waals surface area contributed by atoms with Crippen molar-refractivity contribution in [3.63, 3.8) is 0 Å². The van der Waals surface area contributed by atoms with Gasteiger partial charge in [-0.15, -0.1) is 5.06 Å². The molecule has 0 aromatic rings. The van der Waals surface area contributed by atoms with Crippen LogP contribution in [0.3, 0.4) is 0 Å². The molecule has 0 radical (unpaired) electrons. The number of imide groups is 1. The molecule has 0 aliphatic carbocycles. The number of amides is 4. The topological polar surface area (TPSA) is 125 Å². The Bertz CT molecular complexity index is 622. The van der Waals surface area contributed by atoms with Crippen molar-refractivity contribution in [3.05, 3.63) is 0 Å².